The first-order valence-corrected chi connectivity index (χ1v) is 19.6. The van der Waals surface area contributed by atoms with Crippen LogP contribution in [0.15, 0.2) is 170 Å². The number of ether oxygens (including phenoxy) is 4. The second-order valence-electron chi connectivity index (χ2n) is 14.1. The summed E-state index contributed by atoms with van der Waals surface area (Å²) >= 11 is 0. The summed E-state index contributed by atoms with van der Waals surface area (Å²) in [4.78, 5) is 63.1. The Bertz CT molecular complexity index is 2800. The van der Waals surface area contributed by atoms with Crippen LogP contribution in [-0.4, -0.2) is 45.2 Å². The monoisotopic (exact) mass is 858 g/mol. The van der Waals surface area contributed by atoms with Crippen LogP contribution in [0.3, 0.4) is 0 Å². The van der Waals surface area contributed by atoms with E-state index in [0.717, 1.165) is 11.1 Å². The molecule has 0 spiro atoms. The Morgan fingerprint density at radius 1 is 0.484 bits per heavy atom. The van der Waals surface area contributed by atoms with Gasteiger partial charge in [-0.05, 0) is 107 Å². The molecule has 0 heterocycles. The first-order valence-electron chi connectivity index (χ1n) is 19.6. The predicted octanol–water partition coefficient (Wildman–Crippen LogP) is 9.70. The van der Waals surface area contributed by atoms with Crippen LogP contribution in [0.5, 0.6) is 23.0 Å². The van der Waals surface area contributed by atoms with Crippen molar-refractivity contribution in [2.45, 2.75) is 19.3 Å². The Balaban J connectivity index is 0.977. The van der Waals surface area contributed by atoms with Crippen molar-refractivity contribution in [2.75, 3.05) is 5.32 Å². The minimum absolute atomic E-state index is 0.00200. The number of anilines is 1. The minimum atomic E-state index is -1.34. The summed E-state index contributed by atoms with van der Waals surface area (Å²) in [6.07, 6.45) is 0. The van der Waals surface area contributed by atoms with Crippen LogP contribution in [0.25, 0.3) is 0 Å². The normalized spacial score (nSPS) is 11.1. The molecule has 14 nitrogen and oxygen atoms in total. The molecular weight excluding hydrogens is 821 g/mol. The molecule has 0 saturated heterocycles. The van der Waals surface area contributed by atoms with Gasteiger partial charge in [0.05, 0.1) is 33.9 Å². The lowest BCUT2D eigenvalue weighted by Gasteiger charge is -2.19. The van der Waals surface area contributed by atoms with Gasteiger partial charge in [0.15, 0.2) is 0 Å². The van der Waals surface area contributed by atoms with Crippen LogP contribution in [0.1, 0.15) is 80.1 Å². The Hall–Kier alpha value is -8.59. The van der Waals surface area contributed by atoms with E-state index >= 15 is 0 Å². The van der Waals surface area contributed by atoms with Crippen molar-refractivity contribution in [3.8, 4) is 23.0 Å². The summed E-state index contributed by atoms with van der Waals surface area (Å²) in [6.45, 7) is 0.0277. The maximum atomic E-state index is 13.3. The van der Waals surface area contributed by atoms with E-state index < -0.39 is 35.8 Å². The van der Waals surface area contributed by atoms with Gasteiger partial charge >= 0.3 is 23.9 Å². The number of nitrogens with one attached hydrogen (secondary N) is 2. The molecule has 5 N–H and O–H groups in total. The molecule has 7 aromatic carbocycles. The Morgan fingerprint density at radius 3 is 1.50 bits per heavy atom. The number of hydrogen-bond donors (Lipinski definition) is 5. The maximum Gasteiger partial charge on any atom is 0.338 e. The number of carbonyl (C=O) groups excluding carboxylic acids is 3. The summed E-state index contributed by atoms with van der Waals surface area (Å²) in [5.41, 5.74) is 4.12. The maximum absolute atomic E-state index is 13.3. The molecule has 0 aliphatic heterocycles. The van der Waals surface area contributed by atoms with Crippen LogP contribution in [-0.2, 0) is 22.7 Å². The number of carboxylic acids is 2. The van der Waals surface area contributed by atoms with Gasteiger partial charge in [0.25, 0.3) is 5.91 Å². The molecule has 0 aromatic heterocycles. The third kappa shape index (κ3) is 11.0. The molecule has 0 fully saturated rings. The SMILES string of the molecule is O=C(OCc1ccccc1)c1ccc(C(=O)O)c(C(=O)Nc2ccc(Oc3cccc(Oc4ccc(C(NO)c5cc(C(=O)OCc6ccccc6)ccc5C(=O)O)cc4)c3)cc2)c1. The van der Waals surface area contributed by atoms with E-state index in [0.29, 0.717) is 34.2 Å². The van der Waals surface area contributed by atoms with E-state index in [1.807, 2.05) is 36.4 Å². The number of hydrogen-bond acceptors (Lipinski definition) is 11. The van der Waals surface area contributed by atoms with E-state index in [2.05, 4.69) is 10.8 Å². The fraction of sp³-hybridized carbons (Fsp3) is 0.0600. The predicted molar refractivity (Wildman–Crippen MR) is 232 cm³/mol. The molecule has 320 valence electrons. The molecule has 0 radical (unpaired) electrons. The van der Waals surface area contributed by atoms with Crippen LogP contribution in [0.4, 0.5) is 5.69 Å². The third-order valence-electron chi connectivity index (χ3n) is 9.72. The number of aromatic carboxylic acids is 2. The number of carboxylic acid groups (broad SMARTS) is 2. The first kappa shape index (κ1) is 43.5. The highest BCUT2D eigenvalue weighted by Gasteiger charge is 2.24. The molecule has 64 heavy (non-hydrogen) atoms. The summed E-state index contributed by atoms with van der Waals surface area (Å²) in [6, 6.07) is 44.4. The lowest BCUT2D eigenvalue weighted by atomic mass is 9.93. The summed E-state index contributed by atoms with van der Waals surface area (Å²) in [5, 5.41) is 32.6. The Kier molecular flexibility index (Phi) is 13.8. The molecule has 14 heteroatoms. The Morgan fingerprint density at radius 2 is 0.984 bits per heavy atom. The van der Waals surface area contributed by atoms with Crippen LogP contribution < -0.4 is 20.3 Å². The second kappa shape index (κ2) is 20.3. The molecule has 1 unspecified atom stereocenters. The zero-order chi connectivity index (χ0) is 45.0. The minimum Gasteiger partial charge on any atom is -0.478 e. The number of amides is 1. The van der Waals surface area contributed by atoms with Gasteiger partial charge in [0.1, 0.15) is 36.2 Å². The van der Waals surface area contributed by atoms with Crippen LogP contribution in [0.2, 0.25) is 0 Å². The third-order valence-corrected chi connectivity index (χ3v) is 9.72. The number of benzene rings is 7. The van der Waals surface area contributed by atoms with Gasteiger partial charge in [-0.1, -0.05) is 78.9 Å². The number of rotatable bonds is 17. The smallest absolute Gasteiger partial charge is 0.338 e. The van der Waals surface area contributed by atoms with E-state index in [4.69, 9.17) is 18.9 Å². The summed E-state index contributed by atoms with van der Waals surface area (Å²) in [7, 11) is 0. The van der Waals surface area contributed by atoms with Crippen LogP contribution in [0, 0.1) is 0 Å². The molecule has 7 rings (SSSR count). The average Bonchev–Trinajstić information content (AvgIpc) is 3.31. The number of esters is 2. The first-order chi connectivity index (χ1) is 31.0. The van der Waals surface area contributed by atoms with Gasteiger partial charge in [-0.2, -0.15) is 5.48 Å². The van der Waals surface area contributed by atoms with Crippen molar-refractivity contribution < 1.29 is 58.3 Å². The highest BCUT2D eigenvalue weighted by Crippen LogP contribution is 2.32. The molecule has 0 saturated carbocycles. The van der Waals surface area contributed by atoms with Gasteiger partial charge in [-0.3, -0.25) is 4.79 Å². The van der Waals surface area contributed by atoms with E-state index in [1.54, 1.807) is 97.1 Å². The molecule has 1 amide bonds. The fourth-order valence-corrected chi connectivity index (χ4v) is 6.51. The quantitative estimate of drug-likeness (QED) is 0.0428. The highest BCUT2D eigenvalue weighted by molar-refractivity contribution is 6.12. The van der Waals surface area contributed by atoms with Crippen molar-refractivity contribution >= 4 is 35.5 Å². The lowest BCUT2D eigenvalue weighted by Crippen LogP contribution is -2.22. The molecule has 0 aliphatic carbocycles. The van der Waals surface area contributed by atoms with Gasteiger partial charge in [0, 0.05) is 11.8 Å². The van der Waals surface area contributed by atoms with Crippen molar-refractivity contribution in [1.29, 1.82) is 0 Å². The largest absolute Gasteiger partial charge is 0.478 e. The van der Waals surface area contributed by atoms with Crippen molar-refractivity contribution in [1.82, 2.24) is 5.48 Å². The van der Waals surface area contributed by atoms with Gasteiger partial charge in [-0.25, -0.2) is 19.2 Å². The van der Waals surface area contributed by atoms with Gasteiger partial charge < -0.3 is 39.7 Å². The van der Waals surface area contributed by atoms with Crippen molar-refractivity contribution in [2.24, 2.45) is 0 Å². The van der Waals surface area contributed by atoms with Crippen LogP contribution >= 0.6 is 0 Å². The average molecular weight is 859 g/mol. The Labute approximate surface area is 365 Å². The zero-order valence-corrected chi connectivity index (χ0v) is 33.7. The molecule has 0 bridgehead atoms. The standard InChI is InChI=1S/C50H38N2O12/c53-46(44-27-35(17-25-42(44)48(56)57)50(59)62-30-32-10-5-2-6-11-32)51-36-18-22-38(23-19-36)64-40-13-7-12-39(28-40)63-37-20-14-33(15-21-37)45(52-60)43-26-34(16-24-41(43)47(54)55)49(58)61-29-31-8-3-1-4-9-31/h1-28,45,52,60H,29-30H2,(H,51,53)(H,54,55)(H,56,57). The molecule has 1 atom stereocenters. The van der Waals surface area contributed by atoms with E-state index in [9.17, 15) is 39.4 Å². The fourth-order valence-electron chi connectivity index (χ4n) is 6.51. The number of hydroxylamine groups is 1. The lowest BCUT2D eigenvalue weighted by molar-refractivity contribution is 0.0463. The van der Waals surface area contributed by atoms with Crippen molar-refractivity contribution in [3.05, 3.63) is 220 Å². The van der Waals surface area contributed by atoms with Gasteiger partial charge in [-0.15, -0.1) is 0 Å². The number of carbonyl (C=O) groups is 5. The molecule has 7 aromatic rings. The topological polar surface area (TPSA) is 207 Å². The summed E-state index contributed by atoms with van der Waals surface area (Å²) < 4.78 is 22.9. The molecule has 0 aliphatic rings. The summed E-state index contributed by atoms with van der Waals surface area (Å²) in [5.74, 6) is -3.07. The van der Waals surface area contributed by atoms with Crippen molar-refractivity contribution in [3.63, 3.8) is 0 Å². The second-order valence-corrected chi connectivity index (χ2v) is 14.1. The van der Waals surface area contributed by atoms with Gasteiger partial charge in [0.2, 0.25) is 0 Å². The molecular formula is C50H38N2O12. The zero-order valence-electron chi connectivity index (χ0n) is 33.7. The van der Waals surface area contributed by atoms with E-state index in [1.165, 1.54) is 36.4 Å². The highest BCUT2D eigenvalue weighted by atomic mass is 16.5. The van der Waals surface area contributed by atoms with E-state index in [-0.39, 0.29) is 46.6 Å².